The zero-order valence-corrected chi connectivity index (χ0v) is 25.2. The quantitative estimate of drug-likeness (QED) is 0.267. The van der Waals surface area contributed by atoms with Crippen molar-refractivity contribution < 1.29 is 9.53 Å². The molecule has 1 atom stereocenters. The van der Waals surface area contributed by atoms with Crippen LogP contribution in [0.5, 0.6) is 0 Å². The second-order valence-corrected chi connectivity index (χ2v) is 11.8. The molecule has 0 unspecified atom stereocenters. The molecule has 5 rings (SSSR count). The maximum absolute atomic E-state index is 14.2. The summed E-state index contributed by atoms with van der Waals surface area (Å²) in [5.74, 6) is -0.0653. The second-order valence-electron chi connectivity index (χ2n) is 10.7. The first kappa shape index (κ1) is 27.8. The molecule has 7 heteroatoms. The predicted octanol–water partition coefficient (Wildman–Crippen LogP) is 5.90. The van der Waals surface area contributed by atoms with E-state index < -0.39 is 12.0 Å². The van der Waals surface area contributed by atoms with Gasteiger partial charge in [0.05, 0.1) is 34.0 Å². The van der Waals surface area contributed by atoms with E-state index in [9.17, 15) is 9.59 Å². The van der Waals surface area contributed by atoms with E-state index in [1.165, 1.54) is 28.0 Å². The number of thiazole rings is 1. The number of hydrogen-bond acceptors (Lipinski definition) is 5. The smallest absolute Gasteiger partial charge is 0.338 e. The van der Waals surface area contributed by atoms with E-state index in [0.29, 0.717) is 26.5 Å². The highest BCUT2D eigenvalue weighted by molar-refractivity contribution is 7.07. The van der Waals surface area contributed by atoms with Crippen molar-refractivity contribution in [2.45, 2.75) is 73.4 Å². The van der Waals surface area contributed by atoms with E-state index in [4.69, 9.17) is 9.73 Å². The van der Waals surface area contributed by atoms with E-state index in [0.717, 1.165) is 35.2 Å². The SMILES string of the molecule is CCCn1c(C)c(/C=c2\sc3n(c2=O)[C@@H](c2ccc(C(C)C)cc2)C(C(=O)OCC)=C(C)N=3)c2cccc(C)c21. The summed E-state index contributed by atoms with van der Waals surface area (Å²) in [4.78, 5) is 32.7. The monoisotopic (exact) mass is 555 g/mol. The van der Waals surface area contributed by atoms with Crippen molar-refractivity contribution in [2.24, 2.45) is 4.99 Å². The van der Waals surface area contributed by atoms with Gasteiger partial charge >= 0.3 is 5.97 Å². The van der Waals surface area contributed by atoms with Crippen molar-refractivity contribution in [2.75, 3.05) is 6.61 Å². The number of fused-ring (bicyclic) bond motifs is 2. The van der Waals surface area contributed by atoms with Gasteiger partial charge in [-0.15, -0.1) is 0 Å². The van der Waals surface area contributed by atoms with Crippen LogP contribution in [-0.2, 0) is 16.1 Å². The maximum Gasteiger partial charge on any atom is 0.338 e. The number of para-hydroxylation sites is 1. The number of aryl methyl sites for hydroxylation is 2. The molecule has 0 saturated carbocycles. The molecule has 40 heavy (non-hydrogen) atoms. The lowest BCUT2D eigenvalue weighted by molar-refractivity contribution is -0.139. The summed E-state index contributed by atoms with van der Waals surface area (Å²) in [7, 11) is 0. The van der Waals surface area contributed by atoms with Crippen LogP contribution < -0.4 is 14.9 Å². The number of ether oxygens (including phenoxy) is 1. The van der Waals surface area contributed by atoms with E-state index in [1.54, 1.807) is 11.5 Å². The molecular weight excluding hydrogens is 518 g/mol. The average Bonchev–Trinajstić information content (AvgIpc) is 3.37. The Balaban J connectivity index is 1.76. The van der Waals surface area contributed by atoms with E-state index in [2.05, 4.69) is 69.5 Å². The maximum atomic E-state index is 14.2. The molecule has 2 aromatic carbocycles. The van der Waals surface area contributed by atoms with Crippen LogP contribution in [-0.4, -0.2) is 21.7 Å². The van der Waals surface area contributed by atoms with Crippen molar-refractivity contribution >= 4 is 34.3 Å². The Bertz CT molecular complexity index is 1820. The van der Waals surface area contributed by atoms with Crippen LogP contribution in [0.3, 0.4) is 0 Å². The van der Waals surface area contributed by atoms with Crippen LogP contribution in [0.1, 0.15) is 80.9 Å². The number of hydrogen-bond donors (Lipinski definition) is 0. The summed E-state index contributed by atoms with van der Waals surface area (Å²) in [5, 5.41) is 1.14. The minimum atomic E-state index is -0.608. The van der Waals surface area contributed by atoms with Gasteiger partial charge in [-0.25, -0.2) is 9.79 Å². The molecule has 4 aromatic rings. The molecule has 0 saturated heterocycles. The first-order valence-corrected chi connectivity index (χ1v) is 14.9. The highest BCUT2D eigenvalue weighted by Gasteiger charge is 2.33. The topological polar surface area (TPSA) is 65.6 Å². The highest BCUT2D eigenvalue weighted by atomic mass is 32.1. The van der Waals surface area contributed by atoms with Gasteiger partial charge in [-0.05, 0) is 62.8 Å². The van der Waals surface area contributed by atoms with Gasteiger partial charge in [-0.3, -0.25) is 9.36 Å². The number of esters is 1. The molecule has 0 N–H and O–H groups in total. The average molecular weight is 556 g/mol. The van der Waals surface area contributed by atoms with E-state index in [-0.39, 0.29) is 12.2 Å². The van der Waals surface area contributed by atoms with Crippen LogP contribution in [0.2, 0.25) is 0 Å². The summed E-state index contributed by atoms with van der Waals surface area (Å²) in [6.07, 6.45) is 3.03. The molecule has 0 fully saturated rings. The van der Waals surface area contributed by atoms with Gasteiger partial charge in [0, 0.05) is 23.2 Å². The molecule has 208 valence electrons. The van der Waals surface area contributed by atoms with Crippen LogP contribution in [0.15, 0.2) is 63.5 Å². The molecule has 0 spiro atoms. The molecule has 0 aliphatic carbocycles. The third-order valence-corrected chi connectivity index (χ3v) is 8.73. The number of aromatic nitrogens is 2. The molecule has 3 heterocycles. The first-order chi connectivity index (χ1) is 19.2. The lowest BCUT2D eigenvalue weighted by Gasteiger charge is -2.25. The number of carbonyl (C=O) groups excluding carboxylic acids is 1. The number of rotatable bonds is 7. The highest BCUT2D eigenvalue weighted by Crippen LogP contribution is 2.32. The number of allylic oxidation sites excluding steroid dienone is 1. The fourth-order valence-electron chi connectivity index (χ4n) is 5.73. The van der Waals surface area contributed by atoms with Gasteiger partial charge in [0.15, 0.2) is 4.80 Å². The Hall–Kier alpha value is -3.71. The van der Waals surface area contributed by atoms with Gasteiger partial charge in [0.2, 0.25) is 0 Å². The minimum absolute atomic E-state index is 0.153. The Morgan fingerprint density at radius 1 is 1.10 bits per heavy atom. The molecule has 0 amide bonds. The summed E-state index contributed by atoms with van der Waals surface area (Å²) in [5.41, 5.74) is 7.51. The van der Waals surface area contributed by atoms with Crippen molar-refractivity contribution in [1.82, 2.24) is 9.13 Å². The third-order valence-electron chi connectivity index (χ3n) is 7.75. The molecular formula is C33H37N3O3S. The van der Waals surface area contributed by atoms with Gasteiger partial charge in [-0.2, -0.15) is 0 Å². The Kier molecular flexibility index (Phi) is 7.69. The normalized spacial score (nSPS) is 15.6. The lowest BCUT2D eigenvalue weighted by Crippen LogP contribution is -2.40. The predicted molar refractivity (Wildman–Crippen MR) is 163 cm³/mol. The zero-order chi connectivity index (χ0) is 28.7. The number of benzene rings is 2. The van der Waals surface area contributed by atoms with Crippen LogP contribution in [0.25, 0.3) is 17.0 Å². The molecule has 1 aliphatic rings. The fraction of sp³-hybridized carbons (Fsp3) is 0.364. The summed E-state index contributed by atoms with van der Waals surface area (Å²) in [6.45, 7) is 15.5. The largest absolute Gasteiger partial charge is 0.463 e. The molecule has 0 radical (unpaired) electrons. The summed E-state index contributed by atoms with van der Waals surface area (Å²) < 4.78 is 10.1. The third kappa shape index (κ3) is 4.66. The first-order valence-electron chi connectivity index (χ1n) is 14.1. The van der Waals surface area contributed by atoms with Gasteiger partial charge in [0.1, 0.15) is 0 Å². The van der Waals surface area contributed by atoms with Crippen LogP contribution in [0, 0.1) is 13.8 Å². The Morgan fingerprint density at radius 2 is 1.82 bits per heavy atom. The molecule has 1 aliphatic heterocycles. The summed E-state index contributed by atoms with van der Waals surface area (Å²) in [6, 6.07) is 13.9. The second kappa shape index (κ2) is 11.0. The van der Waals surface area contributed by atoms with Gasteiger partial charge in [-0.1, -0.05) is 74.6 Å². The van der Waals surface area contributed by atoms with Gasteiger partial charge in [0.25, 0.3) is 5.56 Å². The Labute approximate surface area is 239 Å². The lowest BCUT2D eigenvalue weighted by atomic mass is 9.93. The molecule has 2 aromatic heterocycles. The van der Waals surface area contributed by atoms with Crippen molar-refractivity contribution in [3.05, 3.63) is 101 Å². The van der Waals surface area contributed by atoms with Crippen LogP contribution in [0.4, 0.5) is 0 Å². The standard InChI is InChI=1S/C33H37N3O3S/c1-8-17-35-22(7)26(25-12-10-11-20(5)29(25)35)18-27-31(37)36-30(24-15-13-23(14-16-24)19(3)4)28(32(38)39-9-2)21(6)34-33(36)40-27/h10-16,18-19,30H,8-9,17H2,1-7H3/b27-18-/t30-/m0/s1. The molecule has 6 nitrogen and oxygen atoms in total. The van der Waals surface area contributed by atoms with Crippen molar-refractivity contribution in [1.29, 1.82) is 0 Å². The minimum Gasteiger partial charge on any atom is -0.463 e. The Morgan fingerprint density at radius 3 is 2.48 bits per heavy atom. The van der Waals surface area contributed by atoms with Crippen molar-refractivity contribution in [3.8, 4) is 0 Å². The zero-order valence-electron chi connectivity index (χ0n) is 24.4. The summed E-state index contributed by atoms with van der Waals surface area (Å²) >= 11 is 1.37. The fourth-order valence-corrected chi connectivity index (χ4v) is 6.76. The van der Waals surface area contributed by atoms with E-state index in [1.807, 2.05) is 25.1 Å². The number of nitrogens with zero attached hydrogens (tertiary/aromatic N) is 3. The van der Waals surface area contributed by atoms with Gasteiger partial charge < -0.3 is 9.30 Å². The molecule has 0 bridgehead atoms. The van der Waals surface area contributed by atoms with Crippen molar-refractivity contribution in [3.63, 3.8) is 0 Å². The number of carbonyl (C=O) groups is 1. The van der Waals surface area contributed by atoms with E-state index >= 15 is 0 Å². The van der Waals surface area contributed by atoms with Crippen LogP contribution >= 0.6 is 11.3 Å².